The van der Waals surface area contributed by atoms with E-state index in [4.69, 9.17) is 0 Å². The van der Waals surface area contributed by atoms with E-state index >= 15 is 0 Å². The number of hydrogen-bond donors (Lipinski definition) is 1. The van der Waals surface area contributed by atoms with E-state index in [1.54, 1.807) is 0 Å². The van der Waals surface area contributed by atoms with E-state index in [1.807, 2.05) is 0 Å². The Bertz CT molecular complexity index is 268. The SMILES string of the molecule is CC[C@H]1NCCC[C@H]1c1ccccc1. The fourth-order valence-electron chi connectivity index (χ4n) is 2.48. The topological polar surface area (TPSA) is 12.0 Å². The first-order valence-corrected chi connectivity index (χ1v) is 5.70. The Labute approximate surface area is 86.5 Å². The van der Waals surface area contributed by atoms with Crippen molar-refractivity contribution in [3.05, 3.63) is 35.9 Å². The lowest BCUT2D eigenvalue weighted by Crippen LogP contribution is -2.39. The third kappa shape index (κ3) is 1.98. The number of hydrogen-bond acceptors (Lipinski definition) is 1. The van der Waals surface area contributed by atoms with Crippen LogP contribution in [0.5, 0.6) is 0 Å². The van der Waals surface area contributed by atoms with E-state index in [2.05, 4.69) is 42.6 Å². The van der Waals surface area contributed by atoms with Gasteiger partial charge in [-0.05, 0) is 37.3 Å². The highest BCUT2D eigenvalue weighted by Gasteiger charge is 2.23. The minimum atomic E-state index is 0.686. The van der Waals surface area contributed by atoms with E-state index in [0.717, 1.165) is 5.92 Å². The van der Waals surface area contributed by atoms with E-state index in [9.17, 15) is 0 Å². The molecule has 0 amide bonds. The van der Waals surface area contributed by atoms with Crippen LogP contribution in [0.3, 0.4) is 0 Å². The average molecular weight is 189 g/mol. The van der Waals surface area contributed by atoms with Crippen LogP contribution < -0.4 is 5.32 Å². The first-order chi connectivity index (χ1) is 6.92. The largest absolute Gasteiger partial charge is 0.313 e. The number of piperidine rings is 1. The maximum Gasteiger partial charge on any atom is 0.0133 e. The maximum atomic E-state index is 3.62. The predicted molar refractivity (Wildman–Crippen MR) is 60.5 cm³/mol. The van der Waals surface area contributed by atoms with E-state index < -0.39 is 0 Å². The zero-order valence-corrected chi connectivity index (χ0v) is 8.87. The molecule has 1 aromatic rings. The second-order valence-electron chi connectivity index (χ2n) is 4.13. The molecule has 1 heteroatoms. The van der Waals surface area contributed by atoms with E-state index in [1.165, 1.54) is 31.4 Å². The van der Waals surface area contributed by atoms with Gasteiger partial charge in [-0.15, -0.1) is 0 Å². The van der Waals surface area contributed by atoms with Gasteiger partial charge in [0.15, 0.2) is 0 Å². The molecule has 2 atom stereocenters. The Morgan fingerprint density at radius 2 is 2.07 bits per heavy atom. The maximum absolute atomic E-state index is 3.62. The standard InChI is InChI=1S/C13H19N/c1-2-13-12(9-6-10-14-13)11-7-4-3-5-8-11/h3-5,7-8,12-14H,2,6,9-10H2,1H3/t12-,13+/m0/s1. The van der Waals surface area contributed by atoms with Crippen molar-refractivity contribution in [3.8, 4) is 0 Å². The van der Waals surface area contributed by atoms with Gasteiger partial charge in [0, 0.05) is 6.04 Å². The summed E-state index contributed by atoms with van der Waals surface area (Å²) in [5.74, 6) is 0.731. The van der Waals surface area contributed by atoms with Crippen LogP contribution >= 0.6 is 0 Å². The van der Waals surface area contributed by atoms with Gasteiger partial charge in [-0.1, -0.05) is 37.3 Å². The van der Waals surface area contributed by atoms with Crippen LogP contribution in [0.1, 0.15) is 37.7 Å². The molecular weight excluding hydrogens is 170 g/mol. The van der Waals surface area contributed by atoms with Crippen molar-refractivity contribution >= 4 is 0 Å². The molecule has 0 aliphatic carbocycles. The number of rotatable bonds is 2. The van der Waals surface area contributed by atoms with Crippen LogP contribution in [-0.2, 0) is 0 Å². The fourth-order valence-corrected chi connectivity index (χ4v) is 2.48. The van der Waals surface area contributed by atoms with Gasteiger partial charge in [-0.2, -0.15) is 0 Å². The second-order valence-corrected chi connectivity index (χ2v) is 4.13. The predicted octanol–water partition coefficient (Wildman–Crippen LogP) is 2.93. The molecule has 1 aliphatic heterocycles. The molecule has 1 saturated heterocycles. The molecule has 76 valence electrons. The van der Waals surface area contributed by atoms with Crippen molar-refractivity contribution < 1.29 is 0 Å². The Morgan fingerprint density at radius 3 is 2.79 bits per heavy atom. The van der Waals surface area contributed by atoms with Gasteiger partial charge in [0.05, 0.1) is 0 Å². The highest BCUT2D eigenvalue weighted by molar-refractivity contribution is 5.21. The highest BCUT2D eigenvalue weighted by atomic mass is 14.9. The molecule has 1 fully saturated rings. The van der Waals surface area contributed by atoms with E-state index in [-0.39, 0.29) is 0 Å². The van der Waals surface area contributed by atoms with Gasteiger partial charge in [0.25, 0.3) is 0 Å². The van der Waals surface area contributed by atoms with Crippen molar-refractivity contribution in [2.45, 2.75) is 38.1 Å². The summed E-state index contributed by atoms with van der Waals surface area (Å²) >= 11 is 0. The van der Waals surface area contributed by atoms with Gasteiger partial charge in [0.2, 0.25) is 0 Å². The Hall–Kier alpha value is -0.820. The molecule has 1 nitrogen and oxygen atoms in total. The molecule has 0 radical (unpaired) electrons. The third-order valence-electron chi connectivity index (χ3n) is 3.25. The van der Waals surface area contributed by atoms with Gasteiger partial charge < -0.3 is 5.32 Å². The number of benzene rings is 1. The Balaban J connectivity index is 2.15. The summed E-state index contributed by atoms with van der Waals surface area (Å²) in [5.41, 5.74) is 1.51. The van der Waals surface area contributed by atoms with Gasteiger partial charge in [0.1, 0.15) is 0 Å². The molecule has 1 heterocycles. The zero-order chi connectivity index (χ0) is 9.80. The first kappa shape index (κ1) is 9.72. The molecule has 14 heavy (non-hydrogen) atoms. The molecule has 1 N–H and O–H groups in total. The van der Waals surface area contributed by atoms with Gasteiger partial charge >= 0.3 is 0 Å². The summed E-state index contributed by atoms with van der Waals surface area (Å²) in [6.45, 7) is 3.47. The molecule has 2 rings (SSSR count). The lowest BCUT2D eigenvalue weighted by atomic mass is 9.84. The lowest BCUT2D eigenvalue weighted by Gasteiger charge is -2.32. The van der Waals surface area contributed by atoms with Crippen LogP contribution in [0.25, 0.3) is 0 Å². The van der Waals surface area contributed by atoms with Crippen LogP contribution in [-0.4, -0.2) is 12.6 Å². The molecular formula is C13H19N. The summed E-state index contributed by atoms with van der Waals surface area (Å²) in [7, 11) is 0. The molecule has 0 saturated carbocycles. The normalized spacial score (nSPS) is 27.5. The fraction of sp³-hybridized carbons (Fsp3) is 0.538. The van der Waals surface area contributed by atoms with Crippen molar-refractivity contribution in [1.29, 1.82) is 0 Å². The average Bonchev–Trinajstić information content (AvgIpc) is 2.30. The van der Waals surface area contributed by atoms with Crippen LogP contribution in [0.2, 0.25) is 0 Å². The molecule has 1 aromatic carbocycles. The van der Waals surface area contributed by atoms with Crippen LogP contribution in [0, 0.1) is 0 Å². The number of nitrogens with one attached hydrogen (secondary N) is 1. The summed E-state index contributed by atoms with van der Waals surface area (Å²) in [6.07, 6.45) is 3.89. The molecule has 0 aromatic heterocycles. The summed E-state index contributed by atoms with van der Waals surface area (Å²) in [5, 5.41) is 3.62. The van der Waals surface area contributed by atoms with Crippen LogP contribution in [0.4, 0.5) is 0 Å². The minimum Gasteiger partial charge on any atom is -0.313 e. The molecule has 0 bridgehead atoms. The van der Waals surface area contributed by atoms with Gasteiger partial charge in [-0.3, -0.25) is 0 Å². The van der Waals surface area contributed by atoms with Crippen molar-refractivity contribution in [2.75, 3.05) is 6.54 Å². The Kier molecular flexibility index (Phi) is 3.20. The van der Waals surface area contributed by atoms with Crippen molar-refractivity contribution in [1.82, 2.24) is 5.32 Å². The van der Waals surface area contributed by atoms with E-state index in [0.29, 0.717) is 6.04 Å². The molecule has 1 aliphatic rings. The Morgan fingerprint density at radius 1 is 1.29 bits per heavy atom. The van der Waals surface area contributed by atoms with Gasteiger partial charge in [-0.25, -0.2) is 0 Å². The third-order valence-corrected chi connectivity index (χ3v) is 3.25. The first-order valence-electron chi connectivity index (χ1n) is 5.70. The second kappa shape index (κ2) is 4.61. The monoisotopic (exact) mass is 189 g/mol. The highest BCUT2D eigenvalue weighted by Crippen LogP contribution is 2.29. The summed E-state index contributed by atoms with van der Waals surface area (Å²) in [4.78, 5) is 0. The molecule has 0 unspecified atom stereocenters. The minimum absolute atomic E-state index is 0.686. The zero-order valence-electron chi connectivity index (χ0n) is 8.87. The lowest BCUT2D eigenvalue weighted by molar-refractivity contribution is 0.343. The van der Waals surface area contributed by atoms with Crippen molar-refractivity contribution in [3.63, 3.8) is 0 Å². The summed E-state index contributed by atoms with van der Waals surface area (Å²) in [6, 6.07) is 11.6. The quantitative estimate of drug-likeness (QED) is 0.754. The smallest absolute Gasteiger partial charge is 0.0133 e. The summed E-state index contributed by atoms with van der Waals surface area (Å²) < 4.78 is 0. The van der Waals surface area contributed by atoms with Crippen LogP contribution in [0.15, 0.2) is 30.3 Å². The molecule has 0 spiro atoms. The van der Waals surface area contributed by atoms with Crippen molar-refractivity contribution in [2.24, 2.45) is 0 Å².